The number of nitrogens with zero attached hydrogens (tertiary/aromatic N) is 1. The number of rotatable bonds is 5. The van der Waals surface area contributed by atoms with Crippen molar-refractivity contribution in [2.45, 2.75) is 19.8 Å². The van der Waals surface area contributed by atoms with E-state index in [0.717, 1.165) is 17.7 Å². The van der Waals surface area contributed by atoms with Gasteiger partial charge in [0.05, 0.1) is 18.7 Å². The van der Waals surface area contributed by atoms with E-state index in [-0.39, 0.29) is 18.2 Å². The Balaban J connectivity index is 1.71. The fourth-order valence-electron chi connectivity index (χ4n) is 2.97. The van der Waals surface area contributed by atoms with E-state index in [2.05, 4.69) is 12.2 Å². The van der Waals surface area contributed by atoms with Crippen molar-refractivity contribution in [3.63, 3.8) is 0 Å². The first kappa shape index (κ1) is 18.1. The van der Waals surface area contributed by atoms with E-state index in [1.54, 1.807) is 16.3 Å². The van der Waals surface area contributed by atoms with Gasteiger partial charge in [0.1, 0.15) is 4.88 Å². The van der Waals surface area contributed by atoms with Gasteiger partial charge in [0.25, 0.3) is 0 Å². The van der Waals surface area contributed by atoms with Crippen LogP contribution in [0.15, 0.2) is 35.7 Å². The number of nitrogens with one attached hydrogen (secondary N) is 1. The number of hydrogen-bond donors (Lipinski definition) is 1. The summed E-state index contributed by atoms with van der Waals surface area (Å²) in [6.45, 7) is 2.39. The Hall–Kier alpha value is -2.67. The Morgan fingerprint density at radius 1 is 1.35 bits per heavy atom. The number of thiophene rings is 1. The molecule has 2 heterocycles. The molecule has 136 valence electrons. The minimum atomic E-state index is -0.490. The molecule has 0 bridgehead atoms. The number of carbonyl (C=O) groups excluding carboxylic acids is 3. The number of carbonyl (C=O) groups is 3. The van der Waals surface area contributed by atoms with E-state index >= 15 is 0 Å². The number of benzene rings is 1. The van der Waals surface area contributed by atoms with Crippen molar-refractivity contribution in [3.05, 3.63) is 46.2 Å². The van der Waals surface area contributed by atoms with Gasteiger partial charge in [0, 0.05) is 18.7 Å². The second kappa shape index (κ2) is 7.70. The molecule has 2 aromatic rings. The number of amides is 2. The average Bonchev–Trinajstić information content (AvgIpc) is 3.27. The molecule has 6 nitrogen and oxygen atoms in total. The molecule has 1 aromatic carbocycles. The molecular formula is C19H20N2O4S. The van der Waals surface area contributed by atoms with Crippen LogP contribution in [0.3, 0.4) is 0 Å². The van der Waals surface area contributed by atoms with Crippen LogP contribution in [0.2, 0.25) is 0 Å². The van der Waals surface area contributed by atoms with Gasteiger partial charge in [-0.15, -0.1) is 11.3 Å². The third kappa shape index (κ3) is 3.62. The van der Waals surface area contributed by atoms with E-state index in [0.29, 0.717) is 17.1 Å². The Morgan fingerprint density at radius 3 is 2.88 bits per heavy atom. The maximum Gasteiger partial charge on any atom is 0.350 e. The highest BCUT2D eigenvalue weighted by Crippen LogP contribution is 2.28. The first-order chi connectivity index (χ1) is 12.5. The number of anilines is 2. The largest absolute Gasteiger partial charge is 0.465 e. The summed E-state index contributed by atoms with van der Waals surface area (Å²) < 4.78 is 4.71. The van der Waals surface area contributed by atoms with Crippen LogP contribution in [0.5, 0.6) is 0 Å². The molecule has 1 fully saturated rings. The van der Waals surface area contributed by atoms with Crippen LogP contribution in [0.25, 0.3) is 0 Å². The van der Waals surface area contributed by atoms with Crippen molar-refractivity contribution < 1.29 is 19.1 Å². The summed E-state index contributed by atoms with van der Waals surface area (Å²) in [5, 5.41) is 4.47. The smallest absolute Gasteiger partial charge is 0.350 e. The summed E-state index contributed by atoms with van der Waals surface area (Å²) in [6, 6.07) is 9.45. The third-order valence-corrected chi connectivity index (χ3v) is 5.31. The monoisotopic (exact) mass is 372 g/mol. The van der Waals surface area contributed by atoms with E-state index in [4.69, 9.17) is 4.74 Å². The van der Waals surface area contributed by atoms with Crippen LogP contribution in [0.1, 0.15) is 28.6 Å². The molecule has 0 aliphatic carbocycles. The minimum absolute atomic E-state index is 0.0723. The lowest BCUT2D eigenvalue weighted by Crippen LogP contribution is -2.28. The number of esters is 1. The van der Waals surface area contributed by atoms with Crippen molar-refractivity contribution >= 4 is 40.5 Å². The van der Waals surface area contributed by atoms with Gasteiger partial charge in [0.15, 0.2) is 0 Å². The summed E-state index contributed by atoms with van der Waals surface area (Å²) in [7, 11) is 1.30. The molecule has 0 spiro atoms. The van der Waals surface area contributed by atoms with Gasteiger partial charge in [-0.1, -0.05) is 19.1 Å². The predicted molar refractivity (Wildman–Crippen MR) is 101 cm³/mol. The van der Waals surface area contributed by atoms with E-state index in [1.165, 1.54) is 18.4 Å². The normalized spacial score (nSPS) is 16.6. The summed E-state index contributed by atoms with van der Waals surface area (Å²) in [4.78, 5) is 38.7. The van der Waals surface area contributed by atoms with Gasteiger partial charge < -0.3 is 15.0 Å². The van der Waals surface area contributed by atoms with Crippen LogP contribution in [0, 0.1) is 5.92 Å². The summed E-state index contributed by atoms with van der Waals surface area (Å²) >= 11 is 1.20. The Bertz CT molecular complexity index is 846. The standard InChI is InChI=1S/C19H20N2O4S/c1-3-12-5-4-6-14(9-12)21-11-13(10-16(21)22)18(23)20-15-7-8-26-17(15)19(24)25-2/h4-9,13H,3,10-11H2,1-2H3,(H,20,23). The first-order valence-corrected chi connectivity index (χ1v) is 9.27. The maximum atomic E-state index is 12.6. The van der Waals surface area contributed by atoms with E-state index < -0.39 is 11.9 Å². The molecule has 26 heavy (non-hydrogen) atoms. The first-order valence-electron chi connectivity index (χ1n) is 8.39. The molecular weight excluding hydrogens is 352 g/mol. The SMILES string of the molecule is CCc1cccc(N2CC(C(=O)Nc3ccsc3C(=O)OC)CC2=O)c1. The highest BCUT2D eigenvalue weighted by Gasteiger charge is 2.35. The van der Waals surface area contributed by atoms with Crippen molar-refractivity contribution in [2.24, 2.45) is 5.92 Å². The van der Waals surface area contributed by atoms with Crippen molar-refractivity contribution in [2.75, 3.05) is 23.9 Å². The Kier molecular flexibility index (Phi) is 5.37. The van der Waals surface area contributed by atoms with E-state index in [1.807, 2.05) is 24.3 Å². The predicted octanol–water partition coefficient (Wildman–Crippen LogP) is 3.09. The zero-order chi connectivity index (χ0) is 18.7. The lowest BCUT2D eigenvalue weighted by Gasteiger charge is -2.17. The van der Waals surface area contributed by atoms with Gasteiger partial charge >= 0.3 is 5.97 Å². The quantitative estimate of drug-likeness (QED) is 0.819. The lowest BCUT2D eigenvalue weighted by atomic mass is 10.1. The van der Waals surface area contributed by atoms with Gasteiger partial charge in [0.2, 0.25) is 11.8 Å². The molecule has 1 atom stereocenters. The van der Waals surface area contributed by atoms with Crippen LogP contribution in [0.4, 0.5) is 11.4 Å². The van der Waals surface area contributed by atoms with Gasteiger partial charge in [-0.25, -0.2) is 4.79 Å². The third-order valence-electron chi connectivity index (χ3n) is 4.42. The van der Waals surface area contributed by atoms with E-state index in [9.17, 15) is 14.4 Å². The van der Waals surface area contributed by atoms with Gasteiger partial charge in [-0.3, -0.25) is 9.59 Å². The molecule has 1 aromatic heterocycles. The number of aryl methyl sites for hydroxylation is 1. The molecule has 1 aliphatic heterocycles. The van der Waals surface area contributed by atoms with Gasteiger partial charge in [-0.05, 0) is 35.6 Å². The fraction of sp³-hybridized carbons (Fsp3) is 0.316. The summed E-state index contributed by atoms with van der Waals surface area (Å²) in [6.07, 6.45) is 1.04. The number of methoxy groups -OCH3 is 1. The molecule has 0 saturated carbocycles. The highest BCUT2D eigenvalue weighted by molar-refractivity contribution is 7.12. The van der Waals surface area contributed by atoms with Crippen LogP contribution >= 0.6 is 11.3 Å². The Morgan fingerprint density at radius 2 is 2.15 bits per heavy atom. The van der Waals surface area contributed by atoms with Crippen LogP contribution in [-0.4, -0.2) is 31.4 Å². The number of ether oxygens (including phenoxy) is 1. The molecule has 1 saturated heterocycles. The fourth-order valence-corrected chi connectivity index (χ4v) is 3.74. The maximum absolute atomic E-state index is 12.6. The summed E-state index contributed by atoms with van der Waals surface area (Å²) in [5.41, 5.74) is 2.38. The summed E-state index contributed by atoms with van der Waals surface area (Å²) in [5.74, 6) is -1.29. The molecule has 1 aliphatic rings. The average molecular weight is 372 g/mol. The van der Waals surface area contributed by atoms with Crippen molar-refractivity contribution in [1.82, 2.24) is 0 Å². The second-order valence-electron chi connectivity index (χ2n) is 6.07. The molecule has 2 amide bonds. The Labute approximate surface area is 155 Å². The van der Waals surface area contributed by atoms with Crippen molar-refractivity contribution in [3.8, 4) is 0 Å². The second-order valence-corrected chi connectivity index (χ2v) is 6.99. The zero-order valence-electron chi connectivity index (χ0n) is 14.7. The number of hydrogen-bond acceptors (Lipinski definition) is 5. The minimum Gasteiger partial charge on any atom is -0.465 e. The lowest BCUT2D eigenvalue weighted by molar-refractivity contribution is -0.122. The molecule has 0 radical (unpaired) electrons. The molecule has 1 N–H and O–H groups in total. The molecule has 1 unspecified atom stereocenters. The van der Waals surface area contributed by atoms with Crippen LogP contribution < -0.4 is 10.2 Å². The van der Waals surface area contributed by atoms with Gasteiger partial charge in [-0.2, -0.15) is 0 Å². The van der Waals surface area contributed by atoms with Crippen LogP contribution in [-0.2, 0) is 20.7 Å². The zero-order valence-corrected chi connectivity index (χ0v) is 15.5. The molecule has 3 rings (SSSR count). The topological polar surface area (TPSA) is 75.7 Å². The van der Waals surface area contributed by atoms with Crippen molar-refractivity contribution in [1.29, 1.82) is 0 Å². The molecule has 7 heteroatoms. The highest BCUT2D eigenvalue weighted by atomic mass is 32.1.